The van der Waals surface area contributed by atoms with E-state index in [9.17, 15) is 4.79 Å². The number of thioether (sulfide) groups is 1. The molecule has 0 aliphatic rings. The molecule has 0 atom stereocenters. The summed E-state index contributed by atoms with van der Waals surface area (Å²) in [4.78, 5) is 12.9. The average molecular weight is 343 g/mol. The molecule has 112 valence electrons. The highest BCUT2D eigenvalue weighted by atomic mass is 35.5. The van der Waals surface area contributed by atoms with Crippen molar-refractivity contribution < 1.29 is 4.79 Å². The number of carbonyl (C=O) groups excluding carboxylic acids is 1. The number of amides is 1. The van der Waals surface area contributed by atoms with Crippen LogP contribution in [-0.2, 0) is 17.9 Å². The summed E-state index contributed by atoms with van der Waals surface area (Å²) in [5, 5.41) is 11.6. The van der Waals surface area contributed by atoms with Gasteiger partial charge < -0.3 is 9.88 Å². The van der Waals surface area contributed by atoms with Gasteiger partial charge in [-0.15, -0.1) is 28.1 Å². The molecule has 8 heteroatoms. The van der Waals surface area contributed by atoms with Crippen LogP contribution in [0.25, 0.3) is 0 Å². The number of rotatable bonds is 7. The SMILES string of the molecule is C=CCn1c(C)nnc1SCC(=O)NCc1ccc(Cl)s1. The first-order valence-electron chi connectivity index (χ1n) is 6.24. The topological polar surface area (TPSA) is 59.8 Å². The summed E-state index contributed by atoms with van der Waals surface area (Å²) >= 11 is 8.67. The molecule has 0 spiro atoms. The fourth-order valence-electron chi connectivity index (χ4n) is 1.62. The third kappa shape index (κ3) is 4.59. The van der Waals surface area contributed by atoms with Gasteiger partial charge in [0.15, 0.2) is 5.16 Å². The van der Waals surface area contributed by atoms with Crippen LogP contribution in [0.3, 0.4) is 0 Å². The van der Waals surface area contributed by atoms with Crippen LogP contribution in [0, 0.1) is 6.92 Å². The van der Waals surface area contributed by atoms with E-state index in [4.69, 9.17) is 11.6 Å². The first-order chi connectivity index (χ1) is 10.1. The Morgan fingerprint density at radius 1 is 1.57 bits per heavy atom. The molecule has 0 saturated carbocycles. The number of aryl methyl sites for hydroxylation is 1. The van der Waals surface area contributed by atoms with Crippen molar-refractivity contribution in [3.63, 3.8) is 0 Å². The molecule has 0 aliphatic carbocycles. The smallest absolute Gasteiger partial charge is 0.230 e. The Morgan fingerprint density at radius 2 is 2.38 bits per heavy atom. The van der Waals surface area contributed by atoms with Crippen LogP contribution < -0.4 is 5.32 Å². The predicted molar refractivity (Wildman–Crippen MR) is 86.9 cm³/mol. The quantitative estimate of drug-likeness (QED) is 0.621. The van der Waals surface area contributed by atoms with Crippen LogP contribution in [0.5, 0.6) is 0 Å². The Kier molecular flexibility index (Phi) is 5.84. The van der Waals surface area contributed by atoms with Crippen molar-refractivity contribution >= 4 is 40.6 Å². The van der Waals surface area contributed by atoms with E-state index in [0.717, 1.165) is 20.2 Å². The van der Waals surface area contributed by atoms with Crippen LogP contribution in [-0.4, -0.2) is 26.4 Å². The number of thiophene rings is 1. The second-order valence-corrected chi connectivity index (χ2v) is 6.94. The van der Waals surface area contributed by atoms with Gasteiger partial charge in [-0.05, 0) is 19.1 Å². The van der Waals surface area contributed by atoms with E-state index in [1.807, 2.05) is 23.6 Å². The van der Waals surface area contributed by atoms with Crippen molar-refractivity contribution in [2.45, 2.75) is 25.2 Å². The number of nitrogens with one attached hydrogen (secondary N) is 1. The standard InChI is InChI=1S/C13H15ClN4OS2/c1-3-6-18-9(2)16-17-13(18)20-8-12(19)15-7-10-4-5-11(14)21-10/h3-5H,1,6-8H2,2H3,(H,15,19). The molecular formula is C13H15ClN4OS2. The molecule has 2 aromatic heterocycles. The maximum atomic E-state index is 11.8. The molecule has 5 nitrogen and oxygen atoms in total. The Morgan fingerprint density at radius 3 is 3.05 bits per heavy atom. The summed E-state index contributed by atoms with van der Waals surface area (Å²) in [6, 6.07) is 3.73. The fraction of sp³-hybridized carbons (Fsp3) is 0.308. The van der Waals surface area contributed by atoms with Crippen molar-refractivity contribution in [2.75, 3.05) is 5.75 Å². The molecule has 0 aliphatic heterocycles. The van der Waals surface area contributed by atoms with Crippen LogP contribution in [0.15, 0.2) is 29.9 Å². The van der Waals surface area contributed by atoms with Gasteiger partial charge in [-0.1, -0.05) is 29.4 Å². The van der Waals surface area contributed by atoms with Gasteiger partial charge in [0, 0.05) is 11.4 Å². The first kappa shape index (κ1) is 16.1. The molecule has 0 radical (unpaired) electrons. The number of aromatic nitrogens is 3. The number of hydrogen-bond donors (Lipinski definition) is 1. The normalized spacial score (nSPS) is 10.6. The van der Waals surface area contributed by atoms with Crippen molar-refractivity contribution in [1.82, 2.24) is 20.1 Å². The first-order valence-corrected chi connectivity index (χ1v) is 8.42. The van der Waals surface area contributed by atoms with Gasteiger partial charge in [0.2, 0.25) is 5.91 Å². The van der Waals surface area contributed by atoms with Crippen molar-refractivity contribution in [2.24, 2.45) is 0 Å². The van der Waals surface area contributed by atoms with Crippen molar-refractivity contribution in [1.29, 1.82) is 0 Å². The molecular weight excluding hydrogens is 328 g/mol. The number of nitrogens with zero attached hydrogens (tertiary/aromatic N) is 3. The minimum absolute atomic E-state index is 0.0460. The molecule has 21 heavy (non-hydrogen) atoms. The minimum atomic E-state index is -0.0460. The molecule has 2 aromatic rings. The van der Waals surface area contributed by atoms with Crippen molar-refractivity contribution in [3.05, 3.63) is 39.8 Å². The zero-order chi connectivity index (χ0) is 15.2. The van der Waals surface area contributed by atoms with Crippen LogP contribution >= 0.6 is 34.7 Å². The number of allylic oxidation sites excluding steroid dienone is 1. The van der Waals surface area contributed by atoms with E-state index >= 15 is 0 Å². The second kappa shape index (κ2) is 7.63. The molecule has 0 unspecified atom stereocenters. The largest absolute Gasteiger partial charge is 0.350 e. The predicted octanol–water partition coefficient (Wildman–Crippen LogP) is 2.90. The summed E-state index contributed by atoms with van der Waals surface area (Å²) < 4.78 is 2.64. The second-order valence-electron chi connectivity index (χ2n) is 4.20. The summed E-state index contributed by atoms with van der Waals surface area (Å²) in [5.74, 6) is 1.07. The zero-order valence-electron chi connectivity index (χ0n) is 11.5. The summed E-state index contributed by atoms with van der Waals surface area (Å²) in [7, 11) is 0. The Labute approximate surface area is 136 Å². The molecule has 1 amide bonds. The van der Waals surface area contributed by atoms with E-state index in [1.54, 1.807) is 6.08 Å². The van der Waals surface area contributed by atoms with Crippen LogP contribution in [0.1, 0.15) is 10.7 Å². The highest BCUT2D eigenvalue weighted by Gasteiger charge is 2.11. The molecule has 0 saturated heterocycles. The summed E-state index contributed by atoms with van der Waals surface area (Å²) in [6.07, 6.45) is 1.78. The molecule has 1 N–H and O–H groups in total. The van der Waals surface area contributed by atoms with E-state index in [0.29, 0.717) is 18.8 Å². The van der Waals surface area contributed by atoms with E-state index in [-0.39, 0.29) is 5.91 Å². The van der Waals surface area contributed by atoms with E-state index in [2.05, 4.69) is 22.1 Å². The third-order valence-electron chi connectivity index (χ3n) is 2.63. The van der Waals surface area contributed by atoms with Gasteiger partial charge in [0.25, 0.3) is 0 Å². The van der Waals surface area contributed by atoms with Gasteiger partial charge in [-0.2, -0.15) is 0 Å². The van der Waals surface area contributed by atoms with E-state index in [1.165, 1.54) is 23.1 Å². The lowest BCUT2D eigenvalue weighted by atomic mass is 10.4. The Hall–Kier alpha value is -1.31. The number of halogens is 1. The van der Waals surface area contributed by atoms with Crippen LogP contribution in [0.4, 0.5) is 0 Å². The van der Waals surface area contributed by atoms with Gasteiger partial charge in [0.1, 0.15) is 5.82 Å². The molecule has 0 bridgehead atoms. The zero-order valence-corrected chi connectivity index (χ0v) is 13.9. The molecule has 2 heterocycles. The highest BCUT2D eigenvalue weighted by molar-refractivity contribution is 7.99. The molecule has 2 rings (SSSR count). The fourth-order valence-corrected chi connectivity index (χ4v) is 3.47. The van der Waals surface area contributed by atoms with Gasteiger partial charge in [-0.3, -0.25) is 4.79 Å². The maximum absolute atomic E-state index is 11.8. The summed E-state index contributed by atoms with van der Waals surface area (Å²) in [5.41, 5.74) is 0. The minimum Gasteiger partial charge on any atom is -0.350 e. The van der Waals surface area contributed by atoms with Gasteiger partial charge in [-0.25, -0.2) is 0 Å². The summed E-state index contributed by atoms with van der Waals surface area (Å²) in [6.45, 7) is 6.71. The highest BCUT2D eigenvalue weighted by Crippen LogP contribution is 2.21. The third-order valence-corrected chi connectivity index (χ3v) is 4.83. The lowest BCUT2D eigenvalue weighted by Crippen LogP contribution is -2.24. The lowest BCUT2D eigenvalue weighted by Gasteiger charge is -2.05. The van der Waals surface area contributed by atoms with Gasteiger partial charge >= 0.3 is 0 Å². The maximum Gasteiger partial charge on any atom is 0.230 e. The number of carbonyl (C=O) groups is 1. The van der Waals surface area contributed by atoms with Gasteiger partial charge in [0.05, 0.1) is 16.6 Å². The Balaban J connectivity index is 1.82. The average Bonchev–Trinajstić information content (AvgIpc) is 3.02. The Bertz CT molecular complexity index is 638. The molecule has 0 fully saturated rings. The van der Waals surface area contributed by atoms with E-state index < -0.39 is 0 Å². The lowest BCUT2D eigenvalue weighted by molar-refractivity contribution is -0.118. The number of hydrogen-bond acceptors (Lipinski definition) is 5. The molecule has 0 aromatic carbocycles. The van der Waals surface area contributed by atoms with Crippen LogP contribution in [0.2, 0.25) is 4.34 Å². The monoisotopic (exact) mass is 342 g/mol. The van der Waals surface area contributed by atoms with Crippen molar-refractivity contribution in [3.8, 4) is 0 Å².